The molecule has 0 aromatic rings. The van der Waals surface area contributed by atoms with Crippen LogP contribution in [0, 0.1) is 0 Å². The van der Waals surface area contributed by atoms with Gasteiger partial charge in [-0.15, -0.1) is 11.8 Å². The molecule has 2 rings (SSSR count). The lowest BCUT2D eigenvalue weighted by atomic mass is 10.1. The van der Waals surface area contributed by atoms with Crippen LogP contribution in [-0.2, 0) is 9.53 Å². The first kappa shape index (κ1) is 12.0. The molecule has 1 unspecified atom stereocenters. The number of thioether (sulfide) groups is 1. The lowest BCUT2D eigenvalue weighted by Crippen LogP contribution is -2.68. The highest BCUT2D eigenvalue weighted by Crippen LogP contribution is 2.39. The van der Waals surface area contributed by atoms with Crippen LogP contribution in [0.25, 0.3) is 0 Å². The second-order valence-corrected chi connectivity index (χ2v) is 4.74. The minimum Gasteiger partial charge on any atom is -0.449 e. The zero-order valence-corrected chi connectivity index (χ0v) is 9.94. The maximum Gasteiger partial charge on any atom is 0.512 e. The molecule has 0 radical (unpaired) electrons. The quantitative estimate of drug-likeness (QED) is 0.558. The largest absolute Gasteiger partial charge is 0.512 e. The summed E-state index contributed by atoms with van der Waals surface area (Å²) in [6.45, 7) is 1.81. The summed E-state index contributed by atoms with van der Waals surface area (Å²) in [4.78, 5) is 23.5. The van der Waals surface area contributed by atoms with Crippen LogP contribution in [0.3, 0.4) is 0 Å². The number of carboxylic acid groups (broad SMARTS) is 1. The molecular weight excluding hydrogens is 244 g/mol. The van der Waals surface area contributed by atoms with Crippen molar-refractivity contribution in [1.29, 1.82) is 0 Å². The molecule has 1 fully saturated rings. The summed E-state index contributed by atoms with van der Waals surface area (Å²) in [5, 5.41) is 8.46. The number of β-lactam (4-membered cyclic amide) rings is 1. The molecule has 1 saturated heterocycles. The summed E-state index contributed by atoms with van der Waals surface area (Å²) >= 11 is 1.50. The molecule has 6 nitrogen and oxygen atoms in total. The molecule has 0 aliphatic carbocycles. The van der Waals surface area contributed by atoms with Crippen LogP contribution >= 0.6 is 11.8 Å². The van der Waals surface area contributed by atoms with Crippen LogP contribution in [0.15, 0.2) is 23.6 Å². The molecule has 0 saturated carbocycles. The van der Waals surface area contributed by atoms with E-state index in [2.05, 4.69) is 0 Å². The van der Waals surface area contributed by atoms with Gasteiger partial charge in [-0.3, -0.25) is 9.69 Å². The van der Waals surface area contributed by atoms with E-state index in [0.29, 0.717) is 11.3 Å². The number of nitrogens with two attached hydrogens (primary N) is 1. The number of rotatable bonds is 2. The number of fused-ring (bicyclic) bond motifs is 1. The lowest BCUT2D eigenvalue weighted by Gasteiger charge is -2.47. The molecule has 2 aliphatic rings. The predicted octanol–water partition coefficient (Wildman–Crippen LogP) is 0.711. The van der Waals surface area contributed by atoms with Crippen LogP contribution in [0.1, 0.15) is 6.92 Å². The first-order valence-electron chi connectivity index (χ1n) is 5.03. The van der Waals surface area contributed by atoms with Gasteiger partial charge in [0.2, 0.25) is 11.8 Å². The monoisotopic (exact) mass is 256 g/mol. The van der Waals surface area contributed by atoms with Crippen molar-refractivity contribution >= 4 is 23.8 Å². The van der Waals surface area contributed by atoms with Crippen molar-refractivity contribution in [3.8, 4) is 0 Å². The molecule has 2 aliphatic heterocycles. The van der Waals surface area contributed by atoms with Gasteiger partial charge in [0.15, 0.2) is 0 Å². The third-order valence-electron chi connectivity index (χ3n) is 2.54. The Morgan fingerprint density at radius 2 is 2.41 bits per heavy atom. The van der Waals surface area contributed by atoms with Crippen LogP contribution in [0.2, 0.25) is 0 Å². The van der Waals surface area contributed by atoms with Gasteiger partial charge >= 0.3 is 6.16 Å². The Balaban J connectivity index is 2.33. The summed E-state index contributed by atoms with van der Waals surface area (Å²) in [6.07, 6.45) is 2.07. The summed E-state index contributed by atoms with van der Waals surface area (Å²) < 4.78 is 4.69. The van der Waals surface area contributed by atoms with Gasteiger partial charge in [0.1, 0.15) is 11.4 Å². The van der Waals surface area contributed by atoms with Gasteiger partial charge in [-0.2, -0.15) is 0 Å². The maximum absolute atomic E-state index is 11.6. The lowest BCUT2D eigenvalue weighted by molar-refractivity contribution is -0.144. The molecule has 7 heteroatoms. The normalized spacial score (nSPS) is 28.1. The average molecular weight is 256 g/mol. The second-order valence-electron chi connectivity index (χ2n) is 3.63. The fraction of sp³-hybridized carbons (Fsp3) is 0.400. The predicted molar refractivity (Wildman–Crippen MR) is 62.0 cm³/mol. The van der Waals surface area contributed by atoms with E-state index in [1.54, 1.807) is 12.2 Å². The van der Waals surface area contributed by atoms with E-state index < -0.39 is 12.2 Å². The summed E-state index contributed by atoms with van der Waals surface area (Å²) in [6, 6.07) is -0.570. The Labute approximate surface area is 102 Å². The molecule has 0 spiro atoms. The highest BCUT2D eigenvalue weighted by atomic mass is 32.2. The van der Waals surface area contributed by atoms with Gasteiger partial charge in [-0.25, -0.2) is 4.79 Å². The van der Waals surface area contributed by atoms with Crippen LogP contribution in [-0.4, -0.2) is 39.2 Å². The molecule has 2 atom stereocenters. The Morgan fingerprint density at radius 3 is 3.00 bits per heavy atom. The van der Waals surface area contributed by atoms with Crippen LogP contribution in [0.5, 0.6) is 0 Å². The smallest absolute Gasteiger partial charge is 0.449 e. The maximum atomic E-state index is 11.6. The zero-order valence-electron chi connectivity index (χ0n) is 9.12. The molecule has 0 bridgehead atoms. The fourth-order valence-corrected chi connectivity index (χ4v) is 3.03. The molecule has 17 heavy (non-hydrogen) atoms. The second kappa shape index (κ2) is 4.42. The molecule has 0 aromatic heterocycles. The van der Waals surface area contributed by atoms with Crippen LogP contribution in [0.4, 0.5) is 4.79 Å². The molecule has 0 aromatic carbocycles. The number of nitrogens with zero attached hydrogens (tertiary/aromatic N) is 1. The van der Waals surface area contributed by atoms with Gasteiger partial charge < -0.3 is 15.6 Å². The van der Waals surface area contributed by atoms with Crippen molar-refractivity contribution in [2.24, 2.45) is 5.73 Å². The Morgan fingerprint density at radius 1 is 1.71 bits per heavy atom. The Kier molecular flexibility index (Phi) is 3.12. The Hall–Kier alpha value is -1.47. The first-order chi connectivity index (χ1) is 8.06. The minimum absolute atomic E-state index is 0.0889. The van der Waals surface area contributed by atoms with Crippen molar-refractivity contribution < 1.29 is 19.4 Å². The number of allylic oxidation sites excluding steroid dienone is 2. The van der Waals surface area contributed by atoms with E-state index in [0.717, 1.165) is 0 Å². The van der Waals surface area contributed by atoms with E-state index in [-0.39, 0.29) is 17.2 Å². The van der Waals surface area contributed by atoms with Gasteiger partial charge in [0.25, 0.3) is 0 Å². The summed E-state index contributed by atoms with van der Waals surface area (Å²) in [7, 11) is 0. The van der Waals surface area contributed by atoms with Crippen molar-refractivity contribution in [2.75, 3.05) is 5.75 Å². The Bertz CT molecular complexity index is 432. The number of hydrogen-bond donors (Lipinski definition) is 2. The highest BCUT2D eigenvalue weighted by Gasteiger charge is 2.51. The van der Waals surface area contributed by atoms with Crippen molar-refractivity contribution in [2.45, 2.75) is 18.3 Å². The van der Waals surface area contributed by atoms with Crippen molar-refractivity contribution in [3.05, 3.63) is 23.6 Å². The van der Waals surface area contributed by atoms with E-state index in [9.17, 15) is 9.59 Å². The van der Waals surface area contributed by atoms with Gasteiger partial charge in [0.05, 0.1) is 0 Å². The number of carbonyl (C=O) groups is 2. The average Bonchev–Trinajstić information content (AvgIpc) is 2.29. The standard InChI is InChI=1S/C10H12N2O4S/c1-2-3-5-4-17-9-6(11)7(13)12(9)8(5)16-10(14)15/h2-3,6,9H,4,11H2,1H3,(H,14,15)/b3-2-/t6?,9-/m0/s1. The SMILES string of the molecule is C/C=C\C1=C(OC(=O)O)N2C(=O)C(N)[C@@H]2SC1. The van der Waals surface area contributed by atoms with E-state index >= 15 is 0 Å². The van der Waals surface area contributed by atoms with Crippen molar-refractivity contribution in [1.82, 2.24) is 4.90 Å². The molecule has 3 N–H and O–H groups in total. The number of carbonyl (C=O) groups excluding carboxylic acids is 1. The van der Waals surface area contributed by atoms with Crippen LogP contribution < -0.4 is 5.73 Å². The number of hydrogen-bond acceptors (Lipinski definition) is 5. The fourth-order valence-electron chi connectivity index (χ4n) is 1.79. The third kappa shape index (κ3) is 1.91. The molecule has 1 amide bonds. The topological polar surface area (TPSA) is 92.9 Å². The molecule has 92 valence electrons. The summed E-state index contributed by atoms with van der Waals surface area (Å²) in [5.41, 5.74) is 6.31. The van der Waals surface area contributed by atoms with E-state index in [1.165, 1.54) is 16.7 Å². The zero-order chi connectivity index (χ0) is 12.6. The molecular formula is C10H12N2O4S. The van der Waals surface area contributed by atoms with Gasteiger partial charge in [-0.05, 0) is 6.92 Å². The van der Waals surface area contributed by atoms with Crippen molar-refractivity contribution in [3.63, 3.8) is 0 Å². The first-order valence-corrected chi connectivity index (χ1v) is 6.08. The molecule has 2 heterocycles. The van der Waals surface area contributed by atoms with Gasteiger partial charge in [-0.1, -0.05) is 12.2 Å². The van der Waals surface area contributed by atoms with Gasteiger partial charge in [0, 0.05) is 11.3 Å². The number of amides is 1. The minimum atomic E-state index is -1.43. The number of ether oxygens (including phenoxy) is 1. The summed E-state index contributed by atoms with van der Waals surface area (Å²) in [5.74, 6) is 0.362. The van der Waals surface area contributed by atoms with E-state index in [4.69, 9.17) is 15.6 Å². The highest BCUT2D eigenvalue weighted by molar-refractivity contribution is 8.00. The third-order valence-corrected chi connectivity index (χ3v) is 3.86. The van der Waals surface area contributed by atoms with E-state index in [1.807, 2.05) is 6.92 Å².